The molecule has 2 nitrogen and oxygen atoms in total. The first-order valence-corrected chi connectivity index (χ1v) is 7.11. The van der Waals surface area contributed by atoms with Crippen LogP contribution in [0.4, 0.5) is 0 Å². The Balaban J connectivity index is 2.43. The van der Waals surface area contributed by atoms with Crippen molar-refractivity contribution >= 4 is 64.0 Å². The van der Waals surface area contributed by atoms with Crippen molar-refractivity contribution in [3.05, 3.63) is 61.0 Å². The molecule has 0 amide bonds. The molecular formula is C13H5Cl5O2. The standard InChI is InChI=1S/C13H5Cl5O2/c14-7-8(15)10(17)12(11(18)9(7)16)20-13(19)6-4-2-1-3-5-6/h1-5H. The number of rotatable bonds is 2. The maximum Gasteiger partial charge on any atom is 0.343 e. The van der Waals surface area contributed by atoms with Gasteiger partial charge in [-0.25, -0.2) is 4.79 Å². The quantitative estimate of drug-likeness (QED) is 0.273. The van der Waals surface area contributed by atoms with Crippen LogP contribution < -0.4 is 4.74 Å². The van der Waals surface area contributed by atoms with E-state index in [1.807, 2.05) is 0 Å². The molecule has 0 bridgehead atoms. The van der Waals surface area contributed by atoms with E-state index in [0.29, 0.717) is 5.56 Å². The van der Waals surface area contributed by atoms with Crippen molar-refractivity contribution in [3.63, 3.8) is 0 Å². The molecule has 20 heavy (non-hydrogen) atoms. The fourth-order valence-electron chi connectivity index (χ4n) is 1.40. The van der Waals surface area contributed by atoms with Gasteiger partial charge in [-0.05, 0) is 12.1 Å². The largest absolute Gasteiger partial charge is 0.420 e. The Labute approximate surface area is 140 Å². The zero-order chi connectivity index (χ0) is 14.9. The van der Waals surface area contributed by atoms with Gasteiger partial charge in [0.05, 0.1) is 20.6 Å². The Kier molecular flexibility index (Phi) is 5.05. The van der Waals surface area contributed by atoms with Crippen LogP contribution in [-0.4, -0.2) is 5.97 Å². The SMILES string of the molecule is O=C(Oc1c(Cl)c(Cl)c(Cl)c(Cl)c1Cl)c1ccccc1. The topological polar surface area (TPSA) is 26.3 Å². The molecule has 0 spiro atoms. The lowest BCUT2D eigenvalue weighted by Gasteiger charge is -2.12. The van der Waals surface area contributed by atoms with Crippen LogP contribution in [0.3, 0.4) is 0 Å². The summed E-state index contributed by atoms with van der Waals surface area (Å²) in [4.78, 5) is 12.0. The molecule has 0 saturated carbocycles. The van der Waals surface area contributed by atoms with Gasteiger partial charge in [-0.1, -0.05) is 76.2 Å². The van der Waals surface area contributed by atoms with Crippen LogP contribution in [0, 0.1) is 0 Å². The Morgan fingerprint density at radius 3 is 1.70 bits per heavy atom. The molecule has 0 atom stereocenters. The first kappa shape index (κ1) is 15.7. The van der Waals surface area contributed by atoms with Crippen LogP contribution in [0.2, 0.25) is 25.1 Å². The smallest absolute Gasteiger partial charge is 0.343 e. The summed E-state index contributed by atoms with van der Waals surface area (Å²) in [6.07, 6.45) is 0. The molecule has 0 N–H and O–H groups in total. The Morgan fingerprint density at radius 2 is 1.20 bits per heavy atom. The average molecular weight is 370 g/mol. The van der Waals surface area contributed by atoms with Crippen molar-refractivity contribution in [1.82, 2.24) is 0 Å². The lowest BCUT2D eigenvalue weighted by Crippen LogP contribution is -2.09. The highest BCUT2D eigenvalue weighted by atomic mass is 35.5. The van der Waals surface area contributed by atoms with E-state index in [1.165, 1.54) is 0 Å². The second-order valence-corrected chi connectivity index (χ2v) is 5.54. The summed E-state index contributed by atoms with van der Waals surface area (Å²) in [6, 6.07) is 8.34. The van der Waals surface area contributed by atoms with Crippen molar-refractivity contribution < 1.29 is 9.53 Å². The molecule has 0 radical (unpaired) electrons. The average Bonchev–Trinajstić information content (AvgIpc) is 2.48. The molecule has 0 aliphatic rings. The van der Waals surface area contributed by atoms with Crippen LogP contribution in [0.15, 0.2) is 30.3 Å². The second-order valence-electron chi connectivity index (χ2n) is 3.65. The van der Waals surface area contributed by atoms with Gasteiger partial charge in [0.15, 0.2) is 5.75 Å². The summed E-state index contributed by atoms with van der Waals surface area (Å²) < 4.78 is 5.15. The van der Waals surface area contributed by atoms with E-state index in [0.717, 1.165) is 0 Å². The van der Waals surface area contributed by atoms with Gasteiger partial charge in [0.2, 0.25) is 0 Å². The van der Waals surface area contributed by atoms with Crippen LogP contribution in [0.25, 0.3) is 0 Å². The number of benzene rings is 2. The second kappa shape index (κ2) is 6.42. The summed E-state index contributed by atoms with van der Waals surface area (Å²) in [5, 5.41) is -0.203. The number of ether oxygens (including phenoxy) is 1. The van der Waals surface area contributed by atoms with Gasteiger partial charge in [0.25, 0.3) is 0 Å². The zero-order valence-corrected chi connectivity index (χ0v) is 13.4. The highest BCUT2D eigenvalue weighted by molar-refractivity contribution is 6.55. The van der Waals surface area contributed by atoms with E-state index < -0.39 is 5.97 Å². The number of carbonyl (C=O) groups excluding carboxylic acids is 1. The molecule has 0 aromatic heterocycles. The maximum absolute atomic E-state index is 12.0. The van der Waals surface area contributed by atoms with E-state index in [4.69, 9.17) is 62.7 Å². The number of halogens is 5. The van der Waals surface area contributed by atoms with Gasteiger partial charge in [-0.3, -0.25) is 0 Å². The molecule has 104 valence electrons. The highest BCUT2D eigenvalue weighted by Crippen LogP contribution is 2.48. The summed E-state index contributed by atoms with van der Waals surface area (Å²) in [5.74, 6) is -0.759. The molecule has 7 heteroatoms. The van der Waals surface area contributed by atoms with Crippen molar-refractivity contribution in [2.75, 3.05) is 0 Å². The monoisotopic (exact) mass is 368 g/mol. The molecule has 0 heterocycles. The van der Waals surface area contributed by atoms with Crippen molar-refractivity contribution in [1.29, 1.82) is 0 Å². The summed E-state index contributed by atoms with van der Waals surface area (Å²) in [6.45, 7) is 0. The van der Waals surface area contributed by atoms with Crippen LogP contribution in [-0.2, 0) is 0 Å². The molecule has 0 unspecified atom stereocenters. The molecule has 2 aromatic rings. The van der Waals surface area contributed by atoms with Gasteiger partial charge in [-0.15, -0.1) is 0 Å². The lowest BCUT2D eigenvalue weighted by molar-refractivity contribution is 0.0735. The fourth-order valence-corrected chi connectivity index (χ4v) is 2.60. The molecule has 2 rings (SSSR count). The van der Waals surface area contributed by atoms with Crippen molar-refractivity contribution in [3.8, 4) is 5.75 Å². The molecule has 0 fully saturated rings. The van der Waals surface area contributed by atoms with Gasteiger partial charge in [-0.2, -0.15) is 0 Å². The van der Waals surface area contributed by atoms with Crippen LogP contribution >= 0.6 is 58.0 Å². The molecule has 0 aliphatic carbocycles. The summed E-state index contributed by atoms with van der Waals surface area (Å²) >= 11 is 29.6. The van der Waals surface area contributed by atoms with Gasteiger partial charge in [0.1, 0.15) is 10.0 Å². The van der Waals surface area contributed by atoms with E-state index >= 15 is 0 Å². The number of hydrogen-bond donors (Lipinski definition) is 0. The Bertz CT molecular complexity index is 641. The maximum atomic E-state index is 12.0. The van der Waals surface area contributed by atoms with Crippen molar-refractivity contribution in [2.45, 2.75) is 0 Å². The predicted octanol–water partition coefficient (Wildman–Crippen LogP) is 6.17. The Hall–Kier alpha value is -0.640. The summed E-state index contributed by atoms with van der Waals surface area (Å²) in [7, 11) is 0. The number of hydrogen-bond acceptors (Lipinski definition) is 2. The van der Waals surface area contributed by atoms with Crippen LogP contribution in [0.1, 0.15) is 10.4 Å². The third-order valence-electron chi connectivity index (χ3n) is 2.37. The molecule has 2 aromatic carbocycles. The Morgan fingerprint density at radius 1 is 0.750 bits per heavy atom. The van der Waals surface area contributed by atoms with Gasteiger partial charge in [0, 0.05) is 0 Å². The van der Waals surface area contributed by atoms with E-state index in [1.54, 1.807) is 30.3 Å². The molecular weight excluding hydrogens is 365 g/mol. The van der Waals surface area contributed by atoms with E-state index in [-0.39, 0.29) is 30.9 Å². The zero-order valence-electron chi connectivity index (χ0n) is 9.59. The van der Waals surface area contributed by atoms with E-state index in [9.17, 15) is 4.79 Å². The number of carbonyl (C=O) groups is 1. The molecule has 0 aliphatic heterocycles. The third kappa shape index (κ3) is 3.00. The van der Waals surface area contributed by atoms with E-state index in [2.05, 4.69) is 0 Å². The fraction of sp³-hybridized carbons (Fsp3) is 0. The minimum absolute atomic E-state index is 0.00263. The predicted molar refractivity (Wildman–Crippen MR) is 82.9 cm³/mol. The van der Waals surface area contributed by atoms with Gasteiger partial charge < -0.3 is 4.74 Å². The highest BCUT2D eigenvalue weighted by Gasteiger charge is 2.22. The first-order chi connectivity index (χ1) is 9.43. The first-order valence-electron chi connectivity index (χ1n) is 5.22. The van der Waals surface area contributed by atoms with Crippen molar-refractivity contribution in [2.24, 2.45) is 0 Å². The minimum Gasteiger partial charge on any atom is -0.420 e. The minimum atomic E-state index is -0.635. The summed E-state index contributed by atoms with van der Waals surface area (Å²) in [5.41, 5.74) is 0.335. The normalized spacial score (nSPS) is 10.4. The number of esters is 1. The van der Waals surface area contributed by atoms with Gasteiger partial charge >= 0.3 is 5.97 Å². The van der Waals surface area contributed by atoms with Crippen LogP contribution in [0.5, 0.6) is 5.75 Å². The molecule has 0 saturated heterocycles. The third-order valence-corrected chi connectivity index (χ3v) is 4.62. The lowest BCUT2D eigenvalue weighted by atomic mass is 10.2.